The highest BCUT2D eigenvalue weighted by Gasteiger charge is 2.19. The van der Waals surface area contributed by atoms with Crippen LogP contribution in [0, 0.1) is 5.82 Å². The molecule has 0 bridgehead atoms. The smallest absolute Gasteiger partial charge is 0.235 e. The van der Waals surface area contributed by atoms with Crippen LogP contribution in [0.1, 0.15) is 0 Å². The van der Waals surface area contributed by atoms with Gasteiger partial charge in [-0.1, -0.05) is 11.3 Å². The fourth-order valence-corrected chi connectivity index (χ4v) is 3.56. The first-order chi connectivity index (χ1) is 13.1. The molecule has 0 atom stereocenters. The van der Waals surface area contributed by atoms with Gasteiger partial charge in [-0.3, -0.25) is 0 Å². The predicted octanol–water partition coefficient (Wildman–Crippen LogP) is 3.68. The fraction of sp³-hybridized carbons (Fsp3) is 0.167. The summed E-state index contributed by atoms with van der Waals surface area (Å²) in [5, 5.41) is 13.7. The van der Waals surface area contributed by atoms with Crippen molar-refractivity contribution >= 4 is 16.3 Å². The lowest BCUT2D eigenvalue weighted by Gasteiger charge is -2.13. The summed E-state index contributed by atoms with van der Waals surface area (Å²) < 4.78 is 31.0. The van der Waals surface area contributed by atoms with Gasteiger partial charge in [0.05, 0.1) is 21.3 Å². The molecule has 0 radical (unpaired) electrons. The van der Waals surface area contributed by atoms with Crippen LogP contribution < -0.4 is 14.2 Å². The van der Waals surface area contributed by atoms with Gasteiger partial charge < -0.3 is 14.2 Å². The van der Waals surface area contributed by atoms with Crippen LogP contribution >= 0.6 is 11.3 Å². The predicted molar refractivity (Wildman–Crippen MR) is 99.1 cm³/mol. The van der Waals surface area contributed by atoms with Crippen LogP contribution in [0.15, 0.2) is 36.4 Å². The summed E-state index contributed by atoms with van der Waals surface area (Å²) in [5.41, 5.74) is 1.52. The molecule has 0 aliphatic rings. The first-order valence-electron chi connectivity index (χ1n) is 7.93. The van der Waals surface area contributed by atoms with Crippen LogP contribution in [0.3, 0.4) is 0 Å². The minimum atomic E-state index is -0.292. The summed E-state index contributed by atoms with van der Waals surface area (Å²) >= 11 is 1.37. The molecule has 27 heavy (non-hydrogen) atoms. The summed E-state index contributed by atoms with van der Waals surface area (Å²) in [5.74, 6) is 1.76. The van der Waals surface area contributed by atoms with Crippen molar-refractivity contribution in [1.29, 1.82) is 0 Å². The van der Waals surface area contributed by atoms with E-state index in [1.165, 1.54) is 23.5 Å². The van der Waals surface area contributed by atoms with E-state index in [0.29, 0.717) is 38.6 Å². The molecule has 4 rings (SSSR count). The van der Waals surface area contributed by atoms with Crippen LogP contribution in [0.5, 0.6) is 17.2 Å². The molecule has 0 aliphatic carbocycles. The van der Waals surface area contributed by atoms with Gasteiger partial charge >= 0.3 is 0 Å². The highest BCUT2D eigenvalue weighted by atomic mass is 32.1. The Kier molecular flexibility index (Phi) is 4.36. The van der Waals surface area contributed by atoms with Gasteiger partial charge in [0.15, 0.2) is 17.3 Å². The molecule has 7 nitrogen and oxygen atoms in total. The maximum atomic E-state index is 13.2. The lowest BCUT2D eigenvalue weighted by molar-refractivity contribution is 0.324. The van der Waals surface area contributed by atoms with E-state index in [1.54, 1.807) is 50.1 Å². The minimum absolute atomic E-state index is 0.292. The number of ether oxygens (including phenoxy) is 3. The molecule has 0 aliphatic heterocycles. The van der Waals surface area contributed by atoms with Crippen molar-refractivity contribution in [3.63, 3.8) is 0 Å². The molecule has 0 saturated heterocycles. The lowest BCUT2D eigenvalue weighted by Crippen LogP contribution is -1.97. The summed E-state index contributed by atoms with van der Waals surface area (Å²) in [6, 6.07) is 9.74. The second-order valence-electron chi connectivity index (χ2n) is 5.55. The van der Waals surface area contributed by atoms with E-state index in [0.717, 1.165) is 5.56 Å². The zero-order valence-corrected chi connectivity index (χ0v) is 15.6. The highest BCUT2D eigenvalue weighted by Crippen LogP contribution is 2.41. The number of methoxy groups -OCH3 is 3. The third-order valence-corrected chi connectivity index (χ3v) is 4.95. The maximum Gasteiger partial charge on any atom is 0.235 e. The van der Waals surface area contributed by atoms with Crippen molar-refractivity contribution in [2.45, 2.75) is 0 Å². The van der Waals surface area contributed by atoms with E-state index in [2.05, 4.69) is 15.3 Å². The second-order valence-corrected chi connectivity index (χ2v) is 6.50. The van der Waals surface area contributed by atoms with Gasteiger partial charge in [-0.05, 0) is 36.4 Å². The Morgan fingerprint density at radius 3 is 2.15 bits per heavy atom. The topological polar surface area (TPSA) is 70.8 Å². The molecule has 4 aromatic rings. The van der Waals surface area contributed by atoms with E-state index < -0.39 is 0 Å². The average molecular weight is 386 g/mol. The lowest BCUT2D eigenvalue weighted by atomic mass is 10.1. The summed E-state index contributed by atoms with van der Waals surface area (Å²) in [6.45, 7) is 0. The first kappa shape index (κ1) is 17.2. The van der Waals surface area contributed by atoms with Crippen molar-refractivity contribution in [1.82, 2.24) is 19.8 Å². The molecule has 9 heteroatoms. The number of benzene rings is 2. The van der Waals surface area contributed by atoms with Crippen molar-refractivity contribution in [2.24, 2.45) is 0 Å². The average Bonchev–Trinajstić information content (AvgIpc) is 3.28. The Morgan fingerprint density at radius 2 is 1.56 bits per heavy atom. The molecule has 0 unspecified atom stereocenters. The van der Waals surface area contributed by atoms with E-state index in [4.69, 9.17) is 14.2 Å². The van der Waals surface area contributed by atoms with Gasteiger partial charge in [0.1, 0.15) is 10.8 Å². The first-order valence-corrected chi connectivity index (χ1v) is 8.74. The molecule has 0 spiro atoms. The van der Waals surface area contributed by atoms with Crippen molar-refractivity contribution < 1.29 is 18.6 Å². The monoisotopic (exact) mass is 386 g/mol. The SMILES string of the molecule is COc1cc(-c2nnc3sc(-c4ccc(F)cc4)nn23)cc(OC)c1OC. The molecule has 0 N–H and O–H groups in total. The standard InChI is InChI=1S/C18H15FN4O3S/c1-24-13-8-11(9-14(25-2)15(13)26-3)16-20-21-18-23(16)22-17(27-18)10-4-6-12(19)7-5-10/h4-9H,1-3H3. The zero-order valence-electron chi connectivity index (χ0n) is 14.8. The molecule has 138 valence electrons. The Labute approximate surface area is 158 Å². The van der Waals surface area contributed by atoms with E-state index in [9.17, 15) is 4.39 Å². The normalized spacial score (nSPS) is 11.0. The fourth-order valence-electron chi connectivity index (χ4n) is 2.72. The number of halogens is 1. The van der Waals surface area contributed by atoms with Gasteiger partial charge in [0.2, 0.25) is 10.7 Å². The van der Waals surface area contributed by atoms with Gasteiger partial charge in [0.25, 0.3) is 0 Å². The van der Waals surface area contributed by atoms with E-state index in [-0.39, 0.29) is 5.82 Å². The largest absolute Gasteiger partial charge is 0.493 e. The Balaban J connectivity index is 1.84. The van der Waals surface area contributed by atoms with E-state index >= 15 is 0 Å². The van der Waals surface area contributed by atoms with Crippen molar-refractivity contribution in [3.05, 3.63) is 42.2 Å². The van der Waals surface area contributed by atoms with Crippen LogP contribution in [0.25, 0.3) is 26.9 Å². The molecule has 0 amide bonds. The molecular formula is C18H15FN4O3S. The molecule has 2 heterocycles. The van der Waals surface area contributed by atoms with Crippen LogP contribution in [-0.4, -0.2) is 41.1 Å². The Bertz CT molecular complexity index is 1080. The molecule has 2 aromatic carbocycles. The second kappa shape index (κ2) is 6.84. The Morgan fingerprint density at radius 1 is 0.889 bits per heavy atom. The Hall–Kier alpha value is -3.20. The third kappa shape index (κ3) is 2.95. The van der Waals surface area contributed by atoms with Crippen LogP contribution in [-0.2, 0) is 0 Å². The third-order valence-electron chi connectivity index (χ3n) is 4.00. The number of rotatable bonds is 5. The van der Waals surface area contributed by atoms with Gasteiger partial charge in [0, 0.05) is 11.1 Å². The number of nitrogens with zero attached hydrogens (tertiary/aromatic N) is 4. The molecule has 0 saturated carbocycles. The molecular weight excluding hydrogens is 371 g/mol. The number of fused-ring (bicyclic) bond motifs is 1. The van der Waals surface area contributed by atoms with E-state index in [1.807, 2.05) is 0 Å². The number of hydrogen-bond donors (Lipinski definition) is 0. The van der Waals surface area contributed by atoms with Gasteiger partial charge in [-0.2, -0.15) is 9.61 Å². The maximum absolute atomic E-state index is 13.2. The van der Waals surface area contributed by atoms with Crippen LogP contribution in [0.2, 0.25) is 0 Å². The number of hydrogen-bond acceptors (Lipinski definition) is 7. The zero-order chi connectivity index (χ0) is 19.0. The summed E-state index contributed by atoms with van der Waals surface area (Å²) in [7, 11) is 4.65. The quantitative estimate of drug-likeness (QED) is 0.521. The van der Waals surface area contributed by atoms with Crippen molar-refractivity contribution in [3.8, 4) is 39.2 Å². The molecule has 2 aromatic heterocycles. The minimum Gasteiger partial charge on any atom is -0.493 e. The molecule has 0 fully saturated rings. The van der Waals surface area contributed by atoms with Crippen LogP contribution in [0.4, 0.5) is 4.39 Å². The highest BCUT2D eigenvalue weighted by molar-refractivity contribution is 7.19. The van der Waals surface area contributed by atoms with Gasteiger partial charge in [-0.25, -0.2) is 4.39 Å². The summed E-state index contributed by atoms with van der Waals surface area (Å²) in [4.78, 5) is 0.623. The van der Waals surface area contributed by atoms with Gasteiger partial charge in [-0.15, -0.1) is 10.2 Å². The number of aromatic nitrogens is 4. The van der Waals surface area contributed by atoms with Crippen molar-refractivity contribution in [2.75, 3.05) is 21.3 Å². The summed E-state index contributed by atoms with van der Waals surface area (Å²) in [6.07, 6.45) is 0.